The molecule has 2 amide bonds. The summed E-state index contributed by atoms with van der Waals surface area (Å²) in [5, 5.41) is 9.57. The van der Waals surface area contributed by atoms with Gasteiger partial charge in [-0.15, -0.1) is 0 Å². The van der Waals surface area contributed by atoms with E-state index in [0.29, 0.717) is 22.8 Å². The van der Waals surface area contributed by atoms with Crippen molar-refractivity contribution < 1.29 is 14.3 Å². The number of hydrogen-bond acceptors (Lipinski definition) is 4. The van der Waals surface area contributed by atoms with Gasteiger partial charge < -0.3 is 20.7 Å². The van der Waals surface area contributed by atoms with E-state index in [1.807, 2.05) is 24.3 Å². The molecule has 0 fully saturated rings. The van der Waals surface area contributed by atoms with Crippen LogP contribution in [0.15, 0.2) is 35.5 Å². The second-order valence-electron chi connectivity index (χ2n) is 6.13. The summed E-state index contributed by atoms with van der Waals surface area (Å²) in [5.41, 5.74) is 1.82. The van der Waals surface area contributed by atoms with E-state index in [0.717, 1.165) is 18.4 Å². The number of amides is 2. The van der Waals surface area contributed by atoms with Crippen LogP contribution in [0.4, 0.5) is 4.79 Å². The molecule has 0 saturated heterocycles. The number of hydrogen-bond donors (Lipinski definition) is 3. The van der Waals surface area contributed by atoms with Crippen LogP contribution >= 0.6 is 11.6 Å². The summed E-state index contributed by atoms with van der Waals surface area (Å²) >= 11 is 6.01. The van der Waals surface area contributed by atoms with Crippen LogP contribution in [0.2, 0.25) is 5.02 Å². The lowest BCUT2D eigenvalue weighted by Crippen LogP contribution is -2.49. The highest BCUT2D eigenvalue weighted by Crippen LogP contribution is 2.30. The van der Waals surface area contributed by atoms with E-state index in [1.54, 1.807) is 6.92 Å². The summed E-state index contributed by atoms with van der Waals surface area (Å²) in [6.07, 6.45) is 1.69. The van der Waals surface area contributed by atoms with E-state index in [9.17, 15) is 9.59 Å². The van der Waals surface area contributed by atoms with Crippen molar-refractivity contribution in [2.75, 3.05) is 19.7 Å². The van der Waals surface area contributed by atoms with Crippen molar-refractivity contribution in [1.82, 2.24) is 16.0 Å². The molecule has 26 heavy (non-hydrogen) atoms. The SMILES string of the molecule is CCOC(=O)C1=C(CNC(CC)(CC)c2ccc(Cl)cc2)NC(=O)NC1. The highest BCUT2D eigenvalue weighted by molar-refractivity contribution is 6.30. The van der Waals surface area contributed by atoms with Crippen LogP contribution in [-0.4, -0.2) is 31.7 Å². The first kappa shape index (κ1) is 20.3. The van der Waals surface area contributed by atoms with Gasteiger partial charge in [0.05, 0.1) is 18.7 Å². The lowest BCUT2D eigenvalue weighted by atomic mass is 9.84. The van der Waals surface area contributed by atoms with Crippen molar-refractivity contribution in [3.63, 3.8) is 0 Å². The van der Waals surface area contributed by atoms with Gasteiger partial charge in [0, 0.05) is 22.8 Å². The standard InChI is InChI=1S/C19H26ClN3O3/c1-4-19(5-2,13-7-9-14(20)10-8-13)22-12-16-15(17(24)26-6-3)11-21-18(25)23-16/h7-10,22H,4-6,11-12H2,1-3H3,(H2,21,23,25). The maximum absolute atomic E-state index is 12.2. The third-order valence-electron chi connectivity index (χ3n) is 4.78. The number of carbonyl (C=O) groups excluding carboxylic acids is 2. The molecule has 0 atom stereocenters. The Morgan fingerprint density at radius 2 is 1.88 bits per heavy atom. The highest BCUT2D eigenvalue weighted by Gasteiger charge is 2.30. The third kappa shape index (κ3) is 4.56. The Kier molecular flexibility index (Phi) is 7.06. The Bertz CT molecular complexity index is 682. The molecule has 0 spiro atoms. The molecule has 142 valence electrons. The molecule has 1 aromatic carbocycles. The molecule has 1 aliphatic heterocycles. The Morgan fingerprint density at radius 1 is 1.23 bits per heavy atom. The van der Waals surface area contributed by atoms with Crippen molar-refractivity contribution in [1.29, 1.82) is 0 Å². The monoisotopic (exact) mass is 379 g/mol. The van der Waals surface area contributed by atoms with E-state index in [1.165, 1.54) is 0 Å². The first-order valence-electron chi connectivity index (χ1n) is 8.90. The largest absolute Gasteiger partial charge is 0.463 e. The van der Waals surface area contributed by atoms with Gasteiger partial charge in [-0.05, 0) is 37.5 Å². The van der Waals surface area contributed by atoms with Gasteiger partial charge in [-0.25, -0.2) is 9.59 Å². The minimum Gasteiger partial charge on any atom is -0.463 e. The van der Waals surface area contributed by atoms with Crippen molar-refractivity contribution in [2.24, 2.45) is 0 Å². The van der Waals surface area contributed by atoms with E-state index in [-0.39, 0.29) is 24.7 Å². The lowest BCUT2D eigenvalue weighted by molar-refractivity contribution is -0.138. The molecule has 1 aromatic rings. The quantitative estimate of drug-likeness (QED) is 0.606. The maximum atomic E-state index is 12.2. The zero-order valence-corrected chi connectivity index (χ0v) is 16.2. The van der Waals surface area contributed by atoms with E-state index < -0.39 is 5.97 Å². The summed E-state index contributed by atoms with van der Waals surface area (Å²) in [5.74, 6) is -0.415. The summed E-state index contributed by atoms with van der Waals surface area (Å²) in [7, 11) is 0. The summed E-state index contributed by atoms with van der Waals surface area (Å²) in [6.45, 7) is 6.76. The molecule has 0 bridgehead atoms. The predicted octanol–water partition coefficient (Wildman–Crippen LogP) is 3.07. The molecule has 0 aromatic heterocycles. The molecule has 3 N–H and O–H groups in total. The first-order chi connectivity index (χ1) is 12.5. The van der Waals surface area contributed by atoms with Crippen LogP contribution in [0, 0.1) is 0 Å². The minimum absolute atomic E-state index is 0.161. The van der Waals surface area contributed by atoms with E-state index in [2.05, 4.69) is 29.8 Å². The number of benzene rings is 1. The second-order valence-corrected chi connectivity index (χ2v) is 6.57. The van der Waals surface area contributed by atoms with Crippen LogP contribution in [0.5, 0.6) is 0 Å². The fourth-order valence-electron chi connectivity index (χ4n) is 3.13. The topological polar surface area (TPSA) is 79.5 Å². The molecule has 6 nitrogen and oxygen atoms in total. The Labute approximate surface area is 159 Å². The molecule has 1 heterocycles. The van der Waals surface area contributed by atoms with Gasteiger partial charge in [0.2, 0.25) is 0 Å². The van der Waals surface area contributed by atoms with Crippen LogP contribution in [-0.2, 0) is 15.1 Å². The maximum Gasteiger partial charge on any atom is 0.337 e. The van der Waals surface area contributed by atoms with Gasteiger partial charge in [0.15, 0.2) is 0 Å². The number of nitrogens with one attached hydrogen (secondary N) is 3. The average molecular weight is 380 g/mol. The van der Waals surface area contributed by atoms with Crippen molar-refractivity contribution in [3.05, 3.63) is 46.1 Å². The minimum atomic E-state index is -0.415. The smallest absolute Gasteiger partial charge is 0.337 e. The number of carbonyl (C=O) groups is 2. The van der Waals surface area contributed by atoms with Crippen molar-refractivity contribution in [2.45, 2.75) is 39.2 Å². The molecular formula is C19H26ClN3O3. The lowest BCUT2D eigenvalue weighted by Gasteiger charge is -2.35. The molecule has 0 saturated carbocycles. The van der Waals surface area contributed by atoms with Crippen LogP contribution in [0.3, 0.4) is 0 Å². The van der Waals surface area contributed by atoms with Gasteiger partial charge in [0.25, 0.3) is 0 Å². The fourth-order valence-corrected chi connectivity index (χ4v) is 3.26. The Morgan fingerprint density at radius 3 is 2.46 bits per heavy atom. The van der Waals surface area contributed by atoms with Crippen LogP contribution in [0.25, 0.3) is 0 Å². The predicted molar refractivity (Wildman–Crippen MR) is 102 cm³/mol. The van der Waals surface area contributed by atoms with E-state index in [4.69, 9.17) is 16.3 Å². The molecule has 7 heteroatoms. The summed E-state index contributed by atoms with van der Waals surface area (Å²) < 4.78 is 5.10. The van der Waals surface area contributed by atoms with Crippen LogP contribution < -0.4 is 16.0 Å². The zero-order chi connectivity index (χ0) is 19.2. The number of esters is 1. The zero-order valence-electron chi connectivity index (χ0n) is 15.4. The molecule has 1 aliphatic rings. The van der Waals surface area contributed by atoms with Crippen molar-refractivity contribution in [3.8, 4) is 0 Å². The fraction of sp³-hybridized carbons (Fsp3) is 0.474. The van der Waals surface area contributed by atoms with Gasteiger partial charge >= 0.3 is 12.0 Å². The summed E-state index contributed by atoms with van der Waals surface area (Å²) in [6, 6.07) is 7.43. The third-order valence-corrected chi connectivity index (χ3v) is 5.04. The van der Waals surface area contributed by atoms with Gasteiger partial charge in [-0.2, -0.15) is 0 Å². The second kappa shape index (κ2) is 9.05. The molecule has 0 radical (unpaired) electrons. The Hall–Kier alpha value is -2.05. The summed E-state index contributed by atoms with van der Waals surface area (Å²) in [4.78, 5) is 23.9. The molecule has 0 aliphatic carbocycles. The number of halogens is 1. The normalized spacial score (nSPS) is 14.7. The van der Waals surface area contributed by atoms with Gasteiger partial charge in [-0.1, -0.05) is 37.6 Å². The number of ether oxygens (including phenoxy) is 1. The Balaban J connectivity index is 2.26. The van der Waals surface area contributed by atoms with Crippen molar-refractivity contribution >= 4 is 23.6 Å². The molecule has 0 unspecified atom stereocenters. The molecular weight excluding hydrogens is 354 g/mol. The first-order valence-corrected chi connectivity index (χ1v) is 9.28. The van der Waals surface area contributed by atoms with Gasteiger partial charge in [-0.3, -0.25) is 0 Å². The average Bonchev–Trinajstić information content (AvgIpc) is 2.64. The van der Waals surface area contributed by atoms with Gasteiger partial charge in [0.1, 0.15) is 0 Å². The number of rotatable bonds is 8. The van der Waals surface area contributed by atoms with Crippen LogP contribution in [0.1, 0.15) is 39.2 Å². The highest BCUT2D eigenvalue weighted by atomic mass is 35.5. The molecule has 2 rings (SSSR count). The van der Waals surface area contributed by atoms with E-state index >= 15 is 0 Å². The number of urea groups is 1.